The van der Waals surface area contributed by atoms with E-state index in [2.05, 4.69) is 20.7 Å². The number of aryl methyl sites for hydroxylation is 2. The molecule has 2 amide bonds. The number of hydrogen-bond acceptors (Lipinski definition) is 4. The first-order chi connectivity index (χ1) is 11.6. The van der Waals surface area contributed by atoms with Crippen LogP contribution in [-0.4, -0.2) is 38.0 Å². The van der Waals surface area contributed by atoms with Gasteiger partial charge in [0, 0.05) is 12.8 Å². The molecule has 1 aliphatic heterocycles. The number of nitrogens with zero attached hydrogens (tertiary/aromatic N) is 3. The van der Waals surface area contributed by atoms with Crippen molar-refractivity contribution in [3.8, 4) is 0 Å². The number of carbonyl (C=O) groups excluding carboxylic acids is 1. The highest BCUT2D eigenvalue weighted by Gasteiger charge is 2.32. The first-order valence-electron chi connectivity index (χ1n) is 8.33. The van der Waals surface area contributed by atoms with Gasteiger partial charge in [-0.05, 0) is 24.5 Å². The summed E-state index contributed by atoms with van der Waals surface area (Å²) in [6.45, 7) is 2.51. The fraction of sp³-hybridized carbons (Fsp3) is 0.471. The van der Waals surface area contributed by atoms with E-state index in [1.165, 1.54) is 0 Å². The minimum Gasteiger partial charge on any atom is -0.390 e. The van der Waals surface area contributed by atoms with Crippen LogP contribution >= 0.6 is 0 Å². The Hall–Kier alpha value is -2.41. The minimum atomic E-state index is -0.580. The van der Waals surface area contributed by atoms with Crippen LogP contribution in [0.25, 0.3) is 0 Å². The standard InChI is InChI=1S/C17H21N5O2/c1-10-18-15-7-6-12(9-22(15)21-10)19-17(24)20-16-13-5-3-2-4-11(13)8-14(16)23/h2-5,12,14,16,23H,6-9H2,1H3,(H2,19,20,24)/t12?,14-,16+/m1/s1. The lowest BCUT2D eigenvalue weighted by Crippen LogP contribution is -2.48. The molecule has 0 spiro atoms. The van der Waals surface area contributed by atoms with Gasteiger partial charge in [0.2, 0.25) is 0 Å². The van der Waals surface area contributed by atoms with Crippen molar-refractivity contribution in [1.29, 1.82) is 0 Å². The van der Waals surface area contributed by atoms with Crippen LogP contribution in [0.15, 0.2) is 24.3 Å². The van der Waals surface area contributed by atoms with Crippen LogP contribution in [0.5, 0.6) is 0 Å². The summed E-state index contributed by atoms with van der Waals surface area (Å²) >= 11 is 0. The van der Waals surface area contributed by atoms with Crippen LogP contribution in [0.1, 0.15) is 35.2 Å². The maximum atomic E-state index is 12.4. The molecule has 2 aromatic rings. The molecule has 7 nitrogen and oxygen atoms in total. The molecule has 4 rings (SSSR count). The number of urea groups is 1. The van der Waals surface area contributed by atoms with Gasteiger partial charge in [-0.25, -0.2) is 14.5 Å². The van der Waals surface area contributed by atoms with Crippen LogP contribution in [0.2, 0.25) is 0 Å². The van der Waals surface area contributed by atoms with E-state index < -0.39 is 6.10 Å². The number of nitrogens with one attached hydrogen (secondary N) is 2. The van der Waals surface area contributed by atoms with Crippen molar-refractivity contribution in [1.82, 2.24) is 25.4 Å². The molecule has 0 fully saturated rings. The fourth-order valence-corrected chi connectivity index (χ4v) is 3.67. The molecule has 2 heterocycles. The van der Waals surface area contributed by atoms with E-state index in [0.717, 1.165) is 35.6 Å². The summed E-state index contributed by atoms with van der Waals surface area (Å²) in [5.74, 6) is 1.74. The topological polar surface area (TPSA) is 92.1 Å². The molecule has 0 bridgehead atoms. The molecule has 7 heteroatoms. The highest BCUT2D eigenvalue weighted by Crippen LogP contribution is 2.31. The summed E-state index contributed by atoms with van der Waals surface area (Å²) in [5, 5.41) is 20.5. The summed E-state index contributed by atoms with van der Waals surface area (Å²) in [6.07, 6.45) is 1.64. The second-order valence-electron chi connectivity index (χ2n) is 6.56. The van der Waals surface area contributed by atoms with Gasteiger partial charge in [0.1, 0.15) is 11.6 Å². The van der Waals surface area contributed by atoms with Gasteiger partial charge >= 0.3 is 6.03 Å². The Kier molecular flexibility index (Phi) is 3.72. The molecule has 1 aromatic heterocycles. The van der Waals surface area contributed by atoms with Crippen molar-refractivity contribution in [2.45, 2.75) is 50.9 Å². The Morgan fingerprint density at radius 1 is 1.33 bits per heavy atom. The van der Waals surface area contributed by atoms with Crippen molar-refractivity contribution in [2.24, 2.45) is 0 Å². The molecule has 1 unspecified atom stereocenters. The van der Waals surface area contributed by atoms with E-state index in [-0.39, 0.29) is 18.1 Å². The zero-order valence-electron chi connectivity index (χ0n) is 13.6. The van der Waals surface area contributed by atoms with Crippen molar-refractivity contribution < 1.29 is 9.90 Å². The highest BCUT2D eigenvalue weighted by molar-refractivity contribution is 5.75. The quantitative estimate of drug-likeness (QED) is 0.763. The summed E-state index contributed by atoms with van der Waals surface area (Å²) in [7, 11) is 0. The Labute approximate surface area is 140 Å². The molecule has 0 saturated heterocycles. The van der Waals surface area contributed by atoms with Gasteiger partial charge in [-0.3, -0.25) is 0 Å². The molecule has 2 aliphatic rings. The van der Waals surface area contributed by atoms with E-state index in [9.17, 15) is 9.90 Å². The van der Waals surface area contributed by atoms with Gasteiger partial charge in [0.05, 0.1) is 24.7 Å². The number of rotatable bonds is 2. The van der Waals surface area contributed by atoms with E-state index in [1.54, 1.807) is 0 Å². The lowest BCUT2D eigenvalue weighted by atomic mass is 10.1. The molecular formula is C17H21N5O2. The van der Waals surface area contributed by atoms with E-state index in [4.69, 9.17) is 0 Å². The van der Waals surface area contributed by atoms with E-state index in [1.807, 2.05) is 35.9 Å². The predicted octanol–water partition coefficient (Wildman–Crippen LogP) is 0.859. The fourth-order valence-electron chi connectivity index (χ4n) is 3.67. The van der Waals surface area contributed by atoms with Gasteiger partial charge in [0.15, 0.2) is 0 Å². The molecule has 1 aromatic carbocycles. The molecule has 1 aliphatic carbocycles. The van der Waals surface area contributed by atoms with Gasteiger partial charge < -0.3 is 15.7 Å². The smallest absolute Gasteiger partial charge is 0.315 e. The Morgan fingerprint density at radius 3 is 3.04 bits per heavy atom. The molecule has 0 saturated carbocycles. The predicted molar refractivity (Wildman–Crippen MR) is 87.4 cm³/mol. The van der Waals surface area contributed by atoms with Crippen molar-refractivity contribution in [2.75, 3.05) is 0 Å². The second-order valence-corrected chi connectivity index (χ2v) is 6.56. The minimum absolute atomic E-state index is 0.0207. The van der Waals surface area contributed by atoms with Crippen LogP contribution in [0.4, 0.5) is 4.79 Å². The Bertz CT molecular complexity index is 772. The number of aliphatic hydroxyl groups excluding tert-OH is 1. The number of aromatic nitrogens is 3. The van der Waals surface area contributed by atoms with Crippen molar-refractivity contribution in [3.63, 3.8) is 0 Å². The van der Waals surface area contributed by atoms with E-state index in [0.29, 0.717) is 13.0 Å². The Morgan fingerprint density at radius 2 is 2.17 bits per heavy atom. The number of fused-ring (bicyclic) bond motifs is 2. The largest absolute Gasteiger partial charge is 0.390 e. The highest BCUT2D eigenvalue weighted by atomic mass is 16.3. The third kappa shape index (κ3) is 2.75. The van der Waals surface area contributed by atoms with Gasteiger partial charge in [-0.2, -0.15) is 5.10 Å². The van der Waals surface area contributed by atoms with Gasteiger partial charge in [0.25, 0.3) is 0 Å². The molecule has 0 radical (unpaired) electrons. The molecule has 24 heavy (non-hydrogen) atoms. The summed E-state index contributed by atoms with van der Waals surface area (Å²) in [6, 6.07) is 7.25. The number of amides is 2. The third-order valence-corrected chi connectivity index (χ3v) is 4.79. The number of hydrogen-bond donors (Lipinski definition) is 3. The zero-order valence-corrected chi connectivity index (χ0v) is 13.6. The van der Waals surface area contributed by atoms with Crippen LogP contribution in [0, 0.1) is 6.92 Å². The maximum absolute atomic E-state index is 12.4. The number of carbonyl (C=O) groups is 1. The zero-order chi connectivity index (χ0) is 16.7. The monoisotopic (exact) mass is 327 g/mol. The maximum Gasteiger partial charge on any atom is 0.315 e. The summed E-state index contributed by atoms with van der Waals surface area (Å²) < 4.78 is 1.86. The summed E-state index contributed by atoms with van der Waals surface area (Å²) in [4.78, 5) is 16.7. The van der Waals surface area contributed by atoms with Crippen LogP contribution in [-0.2, 0) is 19.4 Å². The second kappa shape index (κ2) is 5.90. The molecular weight excluding hydrogens is 306 g/mol. The molecule has 3 atom stereocenters. The first-order valence-corrected chi connectivity index (χ1v) is 8.33. The number of aliphatic hydroxyl groups is 1. The Balaban J connectivity index is 1.39. The lowest BCUT2D eigenvalue weighted by Gasteiger charge is -2.25. The van der Waals surface area contributed by atoms with E-state index >= 15 is 0 Å². The molecule has 3 N–H and O–H groups in total. The van der Waals surface area contributed by atoms with Crippen LogP contribution < -0.4 is 10.6 Å². The summed E-state index contributed by atoms with van der Waals surface area (Å²) in [5.41, 5.74) is 2.09. The SMILES string of the molecule is Cc1nc2n(n1)CC(NC(=O)N[C@H]1c3ccccc3C[C@H]1O)CC2. The van der Waals surface area contributed by atoms with Crippen molar-refractivity contribution in [3.05, 3.63) is 47.0 Å². The lowest BCUT2D eigenvalue weighted by molar-refractivity contribution is 0.141. The average Bonchev–Trinajstić information content (AvgIpc) is 3.06. The van der Waals surface area contributed by atoms with Gasteiger partial charge in [-0.1, -0.05) is 24.3 Å². The van der Waals surface area contributed by atoms with Crippen molar-refractivity contribution >= 4 is 6.03 Å². The molecule has 126 valence electrons. The van der Waals surface area contributed by atoms with Crippen LogP contribution in [0.3, 0.4) is 0 Å². The van der Waals surface area contributed by atoms with Gasteiger partial charge in [-0.15, -0.1) is 0 Å². The first kappa shape index (κ1) is 15.1. The normalized spacial score (nSPS) is 25.0. The third-order valence-electron chi connectivity index (χ3n) is 4.79. The average molecular weight is 327 g/mol. The number of benzene rings is 1.